The summed E-state index contributed by atoms with van der Waals surface area (Å²) < 4.78 is 11.1. The van der Waals surface area contributed by atoms with Gasteiger partial charge in [0.05, 0.1) is 12.5 Å². The van der Waals surface area contributed by atoms with Crippen LogP contribution in [0.5, 0.6) is 5.75 Å². The molecule has 6 heteroatoms. The van der Waals surface area contributed by atoms with Crippen molar-refractivity contribution in [3.05, 3.63) is 82.3 Å². The summed E-state index contributed by atoms with van der Waals surface area (Å²) in [6.07, 6.45) is 1.70. The molecule has 3 aromatic rings. The van der Waals surface area contributed by atoms with Crippen molar-refractivity contribution >= 4 is 28.5 Å². The van der Waals surface area contributed by atoms with Crippen molar-refractivity contribution < 1.29 is 14.3 Å². The van der Waals surface area contributed by atoms with Gasteiger partial charge in [-0.1, -0.05) is 41.9 Å². The van der Waals surface area contributed by atoms with Crippen LogP contribution in [0.4, 0.5) is 0 Å². The molecule has 0 spiro atoms. The number of hydrogen-bond acceptors (Lipinski definition) is 5. The van der Waals surface area contributed by atoms with Gasteiger partial charge in [-0.2, -0.15) is 0 Å². The summed E-state index contributed by atoms with van der Waals surface area (Å²) >= 11 is 6.04. The second-order valence-corrected chi connectivity index (χ2v) is 6.58. The lowest BCUT2D eigenvalue weighted by Crippen LogP contribution is -2.27. The molecule has 0 amide bonds. The van der Waals surface area contributed by atoms with Gasteiger partial charge in [0, 0.05) is 22.2 Å². The number of nitrogens with zero attached hydrogens (tertiary/aromatic N) is 1. The van der Waals surface area contributed by atoms with E-state index in [0.717, 1.165) is 16.5 Å². The van der Waals surface area contributed by atoms with Gasteiger partial charge < -0.3 is 15.2 Å². The monoisotopic (exact) mass is 380 g/mol. The van der Waals surface area contributed by atoms with Crippen LogP contribution in [0.25, 0.3) is 10.9 Å². The van der Waals surface area contributed by atoms with Gasteiger partial charge in [0.1, 0.15) is 11.1 Å². The maximum absolute atomic E-state index is 12.7. The van der Waals surface area contributed by atoms with Crippen LogP contribution < -0.4 is 10.5 Å². The Morgan fingerprint density at radius 1 is 1.22 bits per heavy atom. The summed E-state index contributed by atoms with van der Waals surface area (Å²) in [5.74, 6) is -0.351. The first-order valence-corrected chi connectivity index (χ1v) is 8.95. The predicted molar refractivity (Wildman–Crippen MR) is 104 cm³/mol. The van der Waals surface area contributed by atoms with E-state index in [1.807, 2.05) is 36.4 Å². The molecule has 1 aliphatic rings. The summed E-state index contributed by atoms with van der Waals surface area (Å²) in [6, 6.07) is 15.0. The molecule has 1 unspecified atom stereocenters. The fourth-order valence-corrected chi connectivity index (χ4v) is 3.49. The number of esters is 1. The van der Waals surface area contributed by atoms with Crippen LogP contribution >= 0.6 is 11.6 Å². The van der Waals surface area contributed by atoms with Crippen molar-refractivity contribution in [1.29, 1.82) is 0 Å². The molecule has 2 heterocycles. The van der Waals surface area contributed by atoms with Crippen molar-refractivity contribution in [2.75, 3.05) is 6.61 Å². The molecule has 2 aromatic carbocycles. The largest absolute Gasteiger partial charge is 0.462 e. The number of ether oxygens (including phenoxy) is 2. The zero-order valence-electron chi connectivity index (χ0n) is 14.6. The zero-order valence-corrected chi connectivity index (χ0v) is 15.4. The third kappa shape index (κ3) is 3.00. The molecule has 0 fully saturated rings. The molecule has 0 saturated heterocycles. The number of halogens is 1. The van der Waals surface area contributed by atoms with Crippen LogP contribution in [-0.2, 0) is 9.53 Å². The molecule has 0 saturated carbocycles. The minimum absolute atomic E-state index is 0.0269. The smallest absolute Gasteiger partial charge is 0.340 e. The number of carbonyl (C=O) groups is 1. The highest BCUT2D eigenvalue weighted by Crippen LogP contribution is 2.45. The Morgan fingerprint density at radius 3 is 2.74 bits per heavy atom. The molecule has 1 atom stereocenters. The minimum Gasteiger partial charge on any atom is -0.462 e. The summed E-state index contributed by atoms with van der Waals surface area (Å²) in [4.78, 5) is 17.1. The topological polar surface area (TPSA) is 74.4 Å². The summed E-state index contributed by atoms with van der Waals surface area (Å²) in [6.45, 7) is 2.00. The number of nitrogens with two attached hydrogens (primary N) is 1. The summed E-state index contributed by atoms with van der Waals surface area (Å²) in [5, 5.41) is 1.54. The zero-order chi connectivity index (χ0) is 19.0. The maximum atomic E-state index is 12.7. The van der Waals surface area contributed by atoms with E-state index in [1.165, 1.54) is 0 Å². The van der Waals surface area contributed by atoms with E-state index in [0.29, 0.717) is 16.3 Å². The highest BCUT2D eigenvalue weighted by Gasteiger charge is 2.36. The lowest BCUT2D eigenvalue weighted by Gasteiger charge is -2.29. The maximum Gasteiger partial charge on any atom is 0.340 e. The van der Waals surface area contributed by atoms with Gasteiger partial charge in [-0.3, -0.25) is 4.98 Å². The van der Waals surface area contributed by atoms with E-state index < -0.39 is 11.9 Å². The van der Waals surface area contributed by atoms with E-state index in [9.17, 15) is 4.79 Å². The average molecular weight is 381 g/mol. The van der Waals surface area contributed by atoms with Crippen LogP contribution in [0.3, 0.4) is 0 Å². The summed E-state index contributed by atoms with van der Waals surface area (Å²) in [5.41, 5.74) is 8.82. The van der Waals surface area contributed by atoms with Crippen molar-refractivity contribution in [3.8, 4) is 5.75 Å². The molecule has 2 N–H and O–H groups in total. The lowest BCUT2D eigenvalue weighted by molar-refractivity contribution is -0.139. The number of aromatic nitrogens is 1. The Morgan fingerprint density at radius 2 is 2.00 bits per heavy atom. The first-order valence-electron chi connectivity index (χ1n) is 8.58. The fraction of sp³-hybridized carbons (Fsp3) is 0.143. The fourth-order valence-electron chi connectivity index (χ4n) is 3.36. The minimum atomic E-state index is -0.498. The first kappa shape index (κ1) is 17.4. The molecule has 136 valence electrons. The number of pyridine rings is 1. The quantitative estimate of drug-likeness (QED) is 0.691. The van der Waals surface area contributed by atoms with Crippen molar-refractivity contribution in [2.24, 2.45) is 5.73 Å². The van der Waals surface area contributed by atoms with Crippen molar-refractivity contribution in [1.82, 2.24) is 4.98 Å². The van der Waals surface area contributed by atoms with Crippen LogP contribution in [0.15, 0.2) is 66.2 Å². The van der Waals surface area contributed by atoms with E-state index in [-0.39, 0.29) is 18.1 Å². The van der Waals surface area contributed by atoms with E-state index in [4.69, 9.17) is 26.8 Å². The molecule has 1 aromatic heterocycles. The van der Waals surface area contributed by atoms with Crippen molar-refractivity contribution in [2.45, 2.75) is 12.8 Å². The van der Waals surface area contributed by atoms with Gasteiger partial charge >= 0.3 is 5.97 Å². The Hall–Kier alpha value is -3.05. The molecule has 0 bridgehead atoms. The predicted octanol–water partition coefficient (Wildman–Crippen LogP) is 4.15. The Labute approximate surface area is 161 Å². The number of hydrogen-bond donors (Lipinski definition) is 1. The van der Waals surface area contributed by atoms with Gasteiger partial charge in [-0.05, 0) is 30.7 Å². The molecule has 27 heavy (non-hydrogen) atoms. The highest BCUT2D eigenvalue weighted by atomic mass is 35.5. The van der Waals surface area contributed by atoms with Gasteiger partial charge in [-0.25, -0.2) is 4.79 Å². The molecule has 1 aliphatic heterocycles. The normalized spacial score (nSPS) is 16.0. The van der Waals surface area contributed by atoms with Crippen LogP contribution in [0.2, 0.25) is 5.02 Å². The average Bonchev–Trinajstić information content (AvgIpc) is 2.68. The Bertz CT molecular complexity index is 1060. The van der Waals surface area contributed by atoms with E-state index >= 15 is 0 Å². The van der Waals surface area contributed by atoms with Gasteiger partial charge in [0.15, 0.2) is 5.75 Å². The standard InChI is InChI=1S/C21H17ClN2O3/c1-2-26-21(25)17-16(12-5-8-14(22)9-6-12)15-10-7-13-4-3-11-24-18(13)19(15)27-20(17)23/h3-11,16H,2,23H2,1H3. The van der Waals surface area contributed by atoms with Crippen molar-refractivity contribution in [3.63, 3.8) is 0 Å². The van der Waals surface area contributed by atoms with E-state index in [2.05, 4.69) is 4.98 Å². The molecular weight excluding hydrogens is 364 g/mol. The second kappa shape index (κ2) is 6.93. The number of benzene rings is 2. The van der Waals surface area contributed by atoms with Crippen LogP contribution in [0.1, 0.15) is 24.0 Å². The molecule has 0 radical (unpaired) electrons. The Balaban J connectivity index is 1.96. The molecular formula is C21H17ClN2O3. The van der Waals surface area contributed by atoms with Gasteiger partial charge in [0.2, 0.25) is 5.88 Å². The Kier molecular flexibility index (Phi) is 4.46. The third-order valence-corrected chi connectivity index (χ3v) is 4.79. The van der Waals surface area contributed by atoms with Crippen LogP contribution in [0, 0.1) is 0 Å². The first-order chi connectivity index (χ1) is 13.1. The van der Waals surface area contributed by atoms with Gasteiger partial charge in [-0.15, -0.1) is 0 Å². The SMILES string of the molecule is CCOC(=O)C1=C(N)Oc2c(ccc3cccnc23)C1c1ccc(Cl)cc1. The van der Waals surface area contributed by atoms with Gasteiger partial charge in [0.25, 0.3) is 0 Å². The highest BCUT2D eigenvalue weighted by molar-refractivity contribution is 6.30. The number of carbonyl (C=O) groups excluding carboxylic acids is 1. The number of fused-ring (bicyclic) bond motifs is 3. The number of rotatable bonds is 3. The second-order valence-electron chi connectivity index (χ2n) is 6.14. The molecule has 0 aliphatic carbocycles. The molecule has 4 rings (SSSR count). The third-order valence-electron chi connectivity index (χ3n) is 4.53. The van der Waals surface area contributed by atoms with Crippen LogP contribution in [-0.4, -0.2) is 17.6 Å². The van der Waals surface area contributed by atoms with E-state index in [1.54, 1.807) is 25.3 Å². The summed E-state index contributed by atoms with van der Waals surface area (Å²) in [7, 11) is 0. The lowest BCUT2D eigenvalue weighted by atomic mass is 9.82. The molecule has 5 nitrogen and oxygen atoms in total.